The number of nitrogens with zero attached hydrogens (tertiary/aromatic N) is 6. The molecule has 0 atom stereocenters. The van der Waals surface area contributed by atoms with Crippen molar-refractivity contribution in [2.75, 3.05) is 43.0 Å². The number of hydrogen-bond acceptors (Lipinski definition) is 9. The molecule has 1 aliphatic heterocycles. The molecule has 1 saturated heterocycles. The molecule has 1 amide bonds. The van der Waals surface area contributed by atoms with E-state index in [9.17, 15) is 14.9 Å². The second-order valence-corrected chi connectivity index (χ2v) is 5.66. The number of carbonyl (C=O) groups excluding carboxylic acids is 1. The highest BCUT2D eigenvalue weighted by molar-refractivity contribution is 5.74. The van der Waals surface area contributed by atoms with E-state index in [2.05, 4.69) is 20.3 Å². The molecule has 0 aliphatic carbocycles. The minimum absolute atomic E-state index is 0.0662. The Hall–Kier alpha value is -3.50. The van der Waals surface area contributed by atoms with Crippen LogP contribution < -0.4 is 10.2 Å². The predicted molar refractivity (Wildman–Crippen MR) is 97.0 cm³/mol. The number of hydrogen-bond donors (Lipinski definition) is 1. The SMILES string of the molecule is CCOC(=O)N1CCN(c2ncnc(Nc3ccccn3)c2[N+](=O)[O-])CC1. The minimum Gasteiger partial charge on any atom is -0.450 e. The molecule has 0 saturated carbocycles. The molecule has 142 valence electrons. The molecule has 1 N–H and O–H groups in total. The Morgan fingerprint density at radius 2 is 2.04 bits per heavy atom. The third-order valence-electron chi connectivity index (χ3n) is 4.00. The first kappa shape index (κ1) is 18.3. The number of nitro groups is 1. The standard InChI is InChI=1S/C16H19N7O4/c1-2-27-16(24)22-9-7-21(8-10-22)15-13(23(25)26)14(18-11-19-15)20-12-5-3-4-6-17-12/h3-6,11H,2,7-10H2,1H3,(H,17,18,19,20). The summed E-state index contributed by atoms with van der Waals surface area (Å²) in [6, 6.07) is 5.19. The van der Waals surface area contributed by atoms with Gasteiger partial charge < -0.3 is 19.9 Å². The van der Waals surface area contributed by atoms with E-state index in [1.54, 1.807) is 41.1 Å². The lowest BCUT2D eigenvalue weighted by Gasteiger charge is -2.34. The number of ether oxygens (including phenoxy) is 1. The molecule has 0 spiro atoms. The fourth-order valence-electron chi connectivity index (χ4n) is 2.73. The second-order valence-electron chi connectivity index (χ2n) is 5.66. The monoisotopic (exact) mass is 373 g/mol. The zero-order chi connectivity index (χ0) is 19.2. The van der Waals surface area contributed by atoms with Gasteiger partial charge in [0.1, 0.15) is 12.1 Å². The largest absolute Gasteiger partial charge is 0.450 e. The van der Waals surface area contributed by atoms with E-state index >= 15 is 0 Å². The second kappa shape index (κ2) is 8.25. The van der Waals surface area contributed by atoms with Crippen LogP contribution in [0.4, 0.5) is 27.9 Å². The van der Waals surface area contributed by atoms with Gasteiger partial charge >= 0.3 is 11.8 Å². The molecule has 3 rings (SSSR count). The molecule has 0 unspecified atom stereocenters. The van der Waals surface area contributed by atoms with Gasteiger partial charge in [0.2, 0.25) is 11.6 Å². The molecule has 2 aromatic heterocycles. The van der Waals surface area contributed by atoms with Crippen LogP contribution in [0.25, 0.3) is 0 Å². The predicted octanol–water partition coefficient (Wildman–Crippen LogP) is 1.80. The number of amides is 1. The molecule has 11 nitrogen and oxygen atoms in total. The van der Waals surface area contributed by atoms with Crippen molar-refractivity contribution in [1.82, 2.24) is 19.9 Å². The summed E-state index contributed by atoms with van der Waals surface area (Å²) < 4.78 is 4.99. The van der Waals surface area contributed by atoms with Crippen LogP contribution in [0, 0.1) is 10.1 Å². The molecule has 11 heteroatoms. The summed E-state index contributed by atoms with van der Waals surface area (Å²) in [7, 11) is 0. The highest BCUT2D eigenvalue weighted by Crippen LogP contribution is 2.33. The molecule has 0 radical (unpaired) electrons. The quantitative estimate of drug-likeness (QED) is 0.616. The summed E-state index contributed by atoms with van der Waals surface area (Å²) in [5.41, 5.74) is -0.229. The van der Waals surface area contributed by atoms with Crippen LogP contribution in [0.1, 0.15) is 6.92 Å². The number of rotatable bonds is 5. The van der Waals surface area contributed by atoms with E-state index in [-0.39, 0.29) is 23.4 Å². The van der Waals surface area contributed by atoms with Crippen LogP contribution >= 0.6 is 0 Å². The van der Waals surface area contributed by atoms with Crippen molar-refractivity contribution in [3.63, 3.8) is 0 Å². The molecule has 0 aromatic carbocycles. The van der Waals surface area contributed by atoms with E-state index in [4.69, 9.17) is 4.74 Å². The Kier molecular flexibility index (Phi) is 5.59. The lowest BCUT2D eigenvalue weighted by atomic mass is 10.3. The van der Waals surface area contributed by atoms with Crippen LogP contribution in [0.3, 0.4) is 0 Å². The summed E-state index contributed by atoms with van der Waals surface area (Å²) in [5.74, 6) is 0.714. The Bertz CT molecular complexity index is 810. The van der Waals surface area contributed by atoms with Gasteiger partial charge in [0.25, 0.3) is 0 Å². The maximum absolute atomic E-state index is 11.8. The maximum Gasteiger partial charge on any atom is 0.409 e. The number of piperazine rings is 1. The van der Waals surface area contributed by atoms with Crippen molar-refractivity contribution in [3.8, 4) is 0 Å². The van der Waals surface area contributed by atoms with Gasteiger partial charge in [-0.3, -0.25) is 10.1 Å². The number of aromatic nitrogens is 3. The van der Waals surface area contributed by atoms with Gasteiger partial charge in [0.05, 0.1) is 11.5 Å². The molecule has 3 heterocycles. The molecule has 1 fully saturated rings. The highest BCUT2D eigenvalue weighted by atomic mass is 16.6. The van der Waals surface area contributed by atoms with Gasteiger partial charge in [-0.25, -0.2) is 19.7 Å². The van der Waals surface area contributed by atoms with Crippen molar-refractivity contribution in [3.05, 3.63) is 40.8 Å². The summed E-state index contributed by atoms with van der Waals surface area (Å²) >= 11 is 0. The van der Waals surface area contributed by atoms with Crippen LogP contribution in [0.5, 0.6) is 0 Å². The summed E-state index contributed by atoms with van der Waals surface area (Å²) in [5, 5.41) is 14.5. The van der Waals surface area contributed by atoms with Crippen LogP contribution in [-0.4, -0.2) is 63.7 Å². The Morgan fingerprint density at radius 1 is 1.26 bits per heavy atom. The Morgan fingerprint density at radius 3 is 2.67 bits per heavy atom. The van der Waals surface area contributed by atoms with Gasteiger partial charge in [-0.2, -0.15) is 0 Å². The lowest BCUT2D eigenvalue weighted by Crippen LogP contribution is -2.49. The van der Waals surface area contributed by atoms with Crippen LogP contribution in [-0.2, 0) is 4.74 Å². The van der Waals surface area contributed by atoms with Crippen molar-refractivity contribution < 1.29 is 14.5 Å². The van der Waals surface area contributed by atoms with Crippen molar-refractivity contribution >= 4 is 29.2 Å². The van der Waals surface area contributed by atoms with E-state index in [0.717, 1.165) is 0 Å². The van der Waals surface area contributed by atoms with Gasteiger partial charge in [-0.05, 0) is 19.1 Å². The molecule has 2 aromatic rings. The smallest absolute Gasteiger partial charge is 0.409 e. The Balaban J connectivity index is 1.81. The van der Waals surface area contributed by atoms with Gasteiger partial charge in [-0.1, -0.05) is 6.07 Å². The molecule has 0 bridgehead atoms. The number of pyridine rings is 1. The zero-order valence-corrected chi connectivity index (χ0v) is 14.7. The summed E-state index contributed by atoms with van der Waals surface area (Å²) in [6.45, 7) is 3.64. The molecule has 27 heavy (non-hydrogen) atoms. The number of anilines is 3. The minimum atomic E-state index is -0.516. The Labute approximate surface area is 155 Å². The van der Waals surface area contributed by atoms with Crippen LogP contribution in [0.15, 0.2) is 30.7 Å². The first-order valence-corrected chi connectivity index (χ1v) is 8.44. The summed E-state index contributed by atoms with van der Waals surface area (Å²) in [4.78, 5) is 38.5. The molecular weight excluding hydrogens is 354 g/mol. The van der Waals surface area contributed by atoms with Gasteiger partial charge in [-0.15, -0.1) is 0 Å². The average Bonchev–Trinajstić information content (AvgIpc) is 2.69. The molecular formula is C16H19N7O4. The van der Waals surface area contributed by atoms with E-state index in [1.165, 1.54) is 6.33 Å². The third kappa shape index (κ3) is 4.19. The fourth-order valence-corrected chi connectivity index (χ4v) is 2.73. The van der Waals surface area contributed by atoms with Crippen molar-refractivity contribution in [2.24, 2.45) is 0 Å². The average molecular weight is 373 g/mol. The summed E-state index contributed by atoms with van der Waals surface area (Å²) in [6.07, 6.45) is 2.46. The van der Waals surface area contributed by atoms with Gasteiger partial charge in [0.15, 0.2) is 0 Å². The van der Waals surface area contributed by atoms with Crippen LogP contribution in [0.2, 0.25) is 0 Å². The van der Waals surface area contributed by atoms with E-state index in [1.807, 2.05) is 0 Å². The maximum atomic E-state index is 11.8. The number of carbonyl (C=O) groups is 1. The van der Waals surface area contributed by atoms with Crippen molar-refractivity contribution in [1.29, 1.82) is 0 Å². The zero-order valence-electron chi connectivity index (χ0n) is 14.7. The third-order valence-corrected chi connectivity index (χ3v) is 4.00. The normalized spacial score (nSPS) is 14.0. The topological polar surface area (TPSA) is 127 Å². The van der Waals surface area contributed by atoms with Crippen molar-refractivity contribution in [2.45, 2.75) is 6.92 Å². The first-order chi connectivity index (χ1) is 13.1. The van der Waals surface area contributed by atoms with E-state index < -0.39 is 4.92 Å². The fraction of sp³-hybridized carbons (Fsp3) is 0.375. The highest BCUT2D eigenvalue weighted by Gasteiger charge is 2.30. The van der Waals surface area contributed by atoms with Gasteiger partial charge in [0, 0.05) is 32.4 Å². The first-order valence-electron chi connectivity index (χ1n) is 8.44. The molecule has 1 aliphatic rings. The number of nitrogens with one attached hydrogen (secondary N) is 1. The lowest BCUT2D eigenvalue weighted by molar-refractivity contribution is -0.383. The van der Waals surface area contributed by atoms with E-state index in [0.29, 0.717) is 38.6 Å².